The third-order valence-electron chi connectivity index (χ3n) is 4.82. The molecule has 0 atom stereocenters. The molecule has 0 unspecified atom stereocenters. The number of amides is 1. The van der Waals surface area contributed by atoms with Crippen LogP contribution < -0.4 is 0 Å². The van der Waals surface area contributed by atoms with Crippen LogP contribution in [-0.4, -0.2) is 63.9 Å². The van der Waals surface area contributed by atoms with E-state index in [1.165, 1.54) is 0 Å². The van der Waals surface area contributed by atoms with Gasteiger partial charge in [0.25, 0.3) is 5.91 Å². The van der Waals surface area contributed by atoms with Crippen LogP contribution in [0.25, 0.3) is 21.7 Å². The van der Waals surface area contributed by atoms with Crippen LogP contribution >= 0.6 is 0 Å². The van der Waals surface area contributed by atoms with Crippen molar-refractivity contribution in [3.8, 4) is 0 Å². The molecule has 2 aromatic carbocycles. The lowest BCUT2D eigenvalue weighted by atomic mass is 10.1. The number of esters is 1. The van der Waals surface area contributed by atoms with Gasteiger partial charge < -0.3 is 23.5 Å². The van der Waals surface area contributed by atoms with Crippen LogP contribution in [0.2, 0.25) is 0 Å². The van der Waals surface area contributed by atoms with E-state index in [0.29, 0.717) is 37.4 Å². The minimum Gasteiger partial charge on any atom is -0.450 e. The normalized spacial score (nSPS) is 11.1. The number of benzene rings is 2. The van der Waals surface area contributed by atoms with Crippen molar-refractivity contribution in [2.45, 2.75) is 6.92 Å². The number of ether oxygens (including phenoxy) is 3. The molecule has 29 heavy (non-hydrogen) atoms. The highest BCUT2D eigenvalue weighted by atomic mass is 16.5. The van der Waals surface area contributed by atoms with E-state index >= 15 is 0 Å². The van der Waals surface area contributed by atoms with Crippen molar-refractivity contribution in [3.05, 3.63) is 47.7 Å². The molecule has 0 aliphatic heterocycles. The fourth-order valence-corrected chi connectivity index (χ4v) is 3.19. The molecule has 7 nitrogen and oxygen atoms in total. The zero-order chi connectivity index (χ0) is 20.8. The summed E-state index contributed by atoms with van der Waals surface area (Å²) in [7, 11) is 3.13. The topological polar surface area (TPSA) is 78.2 Å². The fraction of sp³-hybridized carbons (Fsp3) is 0.364. The summed E-state index contributed by atoms with van der Waals surface area (Å²) in [6, 6.07) is 11.7. The number of hydrogen-bond acceptors (Lipinski definition) is 6. The predicted molar refractivity (Wildman–Crippen MR) is 109 cm³/mol. The summed E-state index contributed by atoms with van der Waals surface area (Å²) >= 11 is 0. The van der Waals surface area contributed by atoms with E-state index in [4.69, 9.17) is 18.6 Å². The van der Waals surface area contributed by atoms with E-state index in [9.17, 15) is 9.59 Å². The molecule has 0 N–H and O–H groups in total. The zero-order valence-corrected chi connectivity index (χ0v) is 16.9. The van der Waals surface area contributed by atoms with Gasteiger partial charge in [-0.05, 0) is 12.3 Å². The molecule has 1 heterocycles. The number of hydrogen-bond donors (Lipinski definition) is 0. The minimum atomic E-state index is -0.658. The third kappa shape index (κ3) is 4.58. The first kappa shape index (κ1) is 20.8. The number of methoxy groups -OCH3 is 2. The van der Waals surface area contributed by atoms with Gasteiger partial charge in [0.2, 0.25) is 5.76 Å². The number of carbonyl (C=O) groups is 2. The van der Waals surface area contributed by atoms with E-state index < -0.39 is 5.97 Å². The third-order valence-corrected chi connectivity index (χ3v) is 4.82. The minimum absolute atomic E-state index is 0.115. The monoisotopic (exact) mass is 399 g/mol. The molecule has 0 bridgehead atoms. The Morgan fingerprint density at radius 3 is 2.34 bits per heavy atom. The van der Waals surface area contributed by atoms with Crippen molar-refractivity contribution in [1.82, 2.24) is 4.90 Å². The molecule has 0 fully saturated rings. The molecule has 1 aromatic heterocycles. The van der Waals surface area contributed by atoms with Gasteiger partial charge in [0.1, 0.15) is 5.58 Å². The molecule has 3 aromatic rings. The van der Waals surface area contributed by atoms with Crippen LogP contribution in [0.4, 0.5) is 0 Å². The van der Waals surface area contributed by atoms with E-state index in [0.717, 1.165) is 16.2 Å². The second kappa shape index (κ2) is 9.54. The summed E-state index contributed by atoms with van der Waals surface area (Å²) in [6.07, 6.45) is 0. The van der Waals surface area contributed by atoms with Crippen LogP contribution in [0.5, 0.6) is 0 Å². The Labute approximate surface area is 169 Å². The molecule has 1 amide bonds. The van der Waals surface area contributed by atoms with Crippen LogP contribution in [0.3, 0.4) is 0 Å². The second-order valence-corrected chi connectivity index (χ2v) is 6.66. The Kier molecular flexibility index (Phi) is 6.85. The van der Waals surface area contributed by atoms with Gasteiger partial charge in [0.15, 0.2) is 6.61 Å². The Bertz CT molecular complexity index is 1000. The highest BCUT2D eigenvalue weighted by Crippen LogP contribution is 2.32. The highest BCUT2D eigenvalue weighted by Gasteiger charge is 2.22. The van der Waals surface area contributed by atoms with Gasteiger partial charge in [-0.15, -0.1) is 0 Å². The maximum absolute atomic E-state index is 12.6. The molecule has 3 rings (SSSR count). The average molecular weight is 399 g/mol. The Balaban J connectivity index is 1.74. The van der Waals surface area contributed by atoms with Crippen molar-refractivity contribution in [3.63, 3.8) is 0 Å². The number of furan rings is 1. The molecule has 0 spiro atoms. The van der Waals surface area contributed by atoms with Crippen LogP contribution in [0.15, 0.2) is 40.8 Å². The molecular formula is C22H25NO6. The van der Waals surface area contributed by atoms with Gasteiger partial charge in [0, 0.05) is 43.6 Å². The Morgan fingerprint density at radius 2 is 1.66 bits per heavy atom. The molecular weight excluding hydrogens is 374 g/mol. The van der Waals surface area contributed by atoms with Gasteiger partial charge in [-0.25, -0.2) is 4.79 Å². The van der Waals surface area contributed by atoms with E-state index in [1.807, 2.05) is 43.3 Å². The number of nitrogens with zero attached hydrogens (tertiary/aromatic N) is 1. The van der Waals surface area contributed by atoms with Crippen LogP contribution in [0.1, 0.15) is 16.1 Å². The lowest BCUT2D eigenvalue weighted by molar-refractivity contribution is -0.135. The van der Waals surface area contributed by atoms with Crippen molar-refractivity contribution >= 4 is 33.6 Å². The number of rotatable bonds is 9. The predicted octanol–water partition coefficient (Wildman–Crippen LogP) is 3.17. The zero-order valence-electron chi connectivity index (χ0n) is 16.9. The molecule has 154 valence electrons. The number of fused-ring (bicyclic) bond motifs is 3. The quantitative estimate of drug-likeness (QED) is 0.514. The Morgan fingerprint density at radius 1 is 0.966 bits per heavy atom. The van der Waals surface area contributed by atoms with Crippen molar-refractivity contribution < 1.29 is 28.2 Å². The number of carbonyl (C=O) groups excluding carboxylic acids is 2. The number of aryl methyl sites for hydroxylation is 1. The van der Waals surface area contributed by atoms with Gasteiger partial charge in [-0.3, -0.25) is 4.79 Å². The SMILES string of the molecule is COCCN(CCOC)C(=O)COC(=O)c1oc2c(ccc3ccccc32)c1C. The Hall–Kier alpha value is -2.90. The summed E-state index contributed by atoms with van der Waals surface area (Å²) in [6.45, 7) is 3.00. The van der Waals surface area contributed by atoms with E-state index in [2.05, 4.69) is 0 Å². The summed E-state index contributed by atoms with van der Waals surface area (Å²) in [5.41, 5.74) is 1.33. The summed E-state index contributed by atoms with van der Waals surface area (Å²) in [5, 5.41) is 2.80. The molecule has 0 radical (unpaired) electrons. The van der Waals surface area contributed by atoms with E-state index in [-0.39, 0.29) is 18.3 Å². The van der Waals surface area contributed by atoms with E-state index in [1.54, 1.807) is 19.1 Å². The van der Waals surface area contributed by atoms with Gasteiger partial charge >= 0.3 is 5.97 Å². The molecule has 0 saturated heterocycles. The van der Waals surface area contributed by atoms with Gasteiger partial charge in [0.05, 0.1) is 13.2 Å². The highest BCUT2D eigenvalue weighted by molar-refractivity contribution is 6.08. The van der Waals surface area contributed by atoms with Crippen molar-refractivity contribution in [2.24, 2.45) is 0 Å². The first-order valence-electron chi connectivity index (χ1n) is 9.40. The van der Waals surface area contributed by atoms with Crippen molar-refractivity contribution in [2.75, 3.05) is 47.1 Å². The second-order valence-electron chi connectivity index (χ2n) is 6.66. The first-order valence-corrected chi connectivity index (χ1v) is 9.40. The largest absolute Gasteiger partial charge is 0.450 e. The van der Waals surface area contributed by atoms with Gasteiger partial charge in [-0.1, -0.05) is 36.4 Å². The fourth-order valence-electron chi connectivity index (χ4n) is 3.19. The maximum atomic E-state index is 12.6. The maximum Gasteiger partial charge on any atom is 0.375 e. The molecule has 7 heteroatoms. The van der Waals surface area contributed by atoms with Gasteiger partial charge in [-0.2, -0.15) is 0 Å². The standard InChI is InChI=1S/C22H25NO6/c1-15-17-9-8-16-6-4-5-7-18(16)21(17)29-20(15)22(25)28-14-19(24)23(10-12-26-2)11-13-27-3/h4-9H,10-14H2,1-3H3. The first-order chi connectivity index (χ1) is 14.1. The smallest absolute Gasteiger partial charge is 0.375 e. The summed E-state index contributed by atoms with van der Waals surface area (Å²) in [4.78, 5) is 26.6. The van der Waals surface area contributed by atoms with Crippen LogP contribution in [-0.2, 0) is 19.0 Å². The average Bonchev–Trinajstić information content (AvgIpc) is 3.09. The molecule has 0 aliphatic rings. The summed E-state index contributed by atoms with van der Waals surface area (Å²) < 4.78 is 21.2. The lowest BCUT2D eigenvalue weighted by Crippen LogP contribution is -2.39. The molecule has 0 saturated carbocycles. The van der Waals surface area contributed by atoms with Crippen molar-refractivity contribution in [1.29, 1.82) is 0 Å². The summed E-state index contributed by atoms with van der Waals surface area (Å²) in [5.74, 6) is -0.856. The molecule has 0 aliphatic carbocycles. The van der Waals surface area contributed by atoms with Crippen LogP contribution in [0, 0.1) is 6.92 Å². The lowest BCUT2D eigenvalue weighted by Gasteiger charge is -2.21.